The van der Waals surface area contributed by atoms with Gasteiger partial charge in [-0.15, -0.1) is 0 Å². The Morgan fingerprint density at radius 2 is 2.20 bits per heavy atom. The van der Waals surface area contributed by atoms with E-state index in [-0.39, 0.29) is 5.01 Å². The van der Waals surface area contributed by atoms with Crippen molar-refractivity contribution >= 4 is 12.1 Å². The van der Waals surface area contributed by atoms with Gasteiger partial charge in [-0.25, -0.2) is 0 Å². The maximum Gasteiger partial charge on any atom is 0.438 e. The number of hydrazone groups is 1. The minimum Gasteiger partial charge on any atom is -0.362 e. The molecule has 0 radical (unpaired) electrons. The maximum atomic E-state index is 12.9. The molecule has 1 amide bonds. The molecule has 0 aliphatic carbocycles. The van der Waals surface area contributed by atoms with Crippen LogP contribution in [0.5, 0.6) is 0 Å². The summed E-state index contributed by atoms with van der Waals surface area (Å²) in [7, 11) is 0. The molecule has 2 atom stereocenters. The van der Waals surface area contributed by atoms with Gasteiger partial charge in [-0.1, -0.05) is 0 Å². The average molecular weight is 290 g/mol. The molecule has 0 bridgehead atoms. The first kappa shape index (κ1) is 14.5. The Morgan fingerprint density at radius 3 is 2.70 bits per heavy atom. The second kappa shape index (κ2) is 4.58. The van der Waals surface area contributed by atoms with Crippen LogP contribution in [-0.4, -0.2) is 43.9 Å². The van der Waals surface area contributed by atoms with Gasteiger partial charge in [-0.3, -0.25) is 9.48 Å². The van der Waals surface area contributed by atoms with Gasteiger partial charge in [0.25, 0.3) is 11.6 Å². The summed E-state index contributed by atoms with van der Waals surface area (Å²) in [5.41, 5.74) is -2.68. The number of rotatable bonds is 2. The standard InChI is InChI=1S/C11H13F3N4O2/c1-7-3-5-15-17(7)8(2)9(19)18-10(20,4-6-16-18)11(12,13)14/h3,5-6,8,20H,4H2,1-2H3/t8-,10-/m0/s1. The molecule has 1 N–H and O–H groups in total. The third-order valence-corrected chi connectivity index (χ3v) is 3.18. The summed E-state index contributed by atoms with van der Waals surface area (Å²) in [6.45, 7) is 3.06. The lowest BCUT2D eigenvalue weighted by molar-refractivity contribution is -0.302. The fourth-order valence-electron chi connectivity index (χ4n) is 1.97. The Hall–Kier alpha value is -1.90. The Kier molecular flexibility index (Phi) is 3.32. The predicted molar refractivity (Wildman–Crippen MR) is 62.6 cm³/mol. The number of aromatic nitrogens is 2. The first-order valence-electron chi connectivity index (χ1n) is 5.84. The van der Waals surface area contributed by atoms with E-state index in [2.05, 4.69) is 10.2 Å². The normalized spacial score (nSPS) is 24.2. The summed E-state index contributed by atoms with van der Waals surface area (Å²) in [6, 6.07) is 0.613. The summed E-state index contributed by atoms with van der Waals surface area (Å²) >= 11 is 0. The van der Waals surface area contributed by atoms with Crippen molar-refractivity contribution in [2.24, 2.45) is 5.10 Å². The fourth-order valence-corrected chi connectivity index (χ4v) is 1.97. The second-order valence-electron chi connectivity index (χ2n) is 4.56. The number of amides is 1. The van der Waals surface area contributed by atoms with Gasteiger partial charge in [-0.05, 0) is 19.9 Å². The first-order chi connectivity index (χ1) is 9.18. The van der Waals surface area contributed by atoms with Crippen LogP contribution in [-0.2, 0) is 4.79 Å². The van der Waals surface area contributed by atoms with Crippen LogP contribution in [0.25, 0.3) is 0 Å². The zero-order valence-electron chi connectivity index (χ0n) is 10.8. The third kappa shape index (κ3) is 2.07. The van der Waals surface area contributed by atoms with Crippen molar-refractivity contribution in [1.29, 1.82) is 0 Å². The molecular formula is C11H13F3N4O2. The number of hydrogen-bond donors (Lipinski definition) is 1. The molecule has 110 valence electrons. The molecule has 0 saturated heterocycles. The van der Waals surface area contributed by atoms with E-state index in [0.717, 1.165) is 6.21 Å². The molecule has 2 rings (SSSR count). The van der Waals surface area contributed by atoms with Crippen molar-refractivity contribution in [1.82, 2.24) is 14.8 Å². The summed E-state index contributed by atoms with van der Waals surface area (Å²) in [4.78, 5) is 12.1. The van der Waals surface area contributed by atoms with Gasteiger partial charge in [0.1, 0.15) is 6.04 Å². The molecule has 1 aliphatic rings. The van der Waals surface area contributed by atoms with Gasteiger partial charge in [0.2, 0.25) is 0 Å². The highest BCUT2D eigenvalue weighted by Gasteiger charge is 2.62. The minimum absolute atomic E-state index is 0.0821. The van der Waals surface area contributed by atoms with E-state index in [4.69, 9.17) is 0 Å². The average Bonchev–Trinajstić information content (AvgIpc) is 2.93. The van der Waals surface area contributed by atoms with Crippen molar-refractivity contribution in [3.8, 4) is 0 Å². The van der Waals surface area contributed by atoms with Gasteiger partial charge >= 0.3 is 6.18 Å². The summed E-state index contributed by atoms with van der Waals surface area (Å²) in [5, 5.41) is 17.0. The van der Waals surface area contributed by atoms with Crippen LogP contribution in [0.15, 0.2) is 17.4 Å². The number of hydrogen-bond acceptors (Lipinski definition) is 4. The molecule has 0 spiro atoms. The van der Waals surface area contributed by atoms with Gasteiger partial charge in [0, 0.05) is 24.5 Å². The molecule has 0 fully saturated rings. The van der Waals surface area contributed by atoms with Gasteiger partial charge in [-0.2, -0.15) is 28.4 Å². The van der Waals surface area contributed by atoms with Crippen LogP contribution in [0.4, 0.5) is 13.2 Å². The van der Waals surface area contributed by atoms with E-state index in [1.165, 1.54) is 17.8 Å². The molecule has 1 aromatic rings. The molecule has 9 heteroatoms. The predicted octanol–water partition coefficient (Wildman–Crippen LogP) is 1.22. The topological polar surface area (TPSA) is 70.7 Å². The van der Waals surface area contributed by atoms with Crippen LogP contribution in [0.3, 0.4) is 0 Å². The third-order valence-electron chi connectivity index (χ3n) is 3.18. The SMILES string of the molecule is Cc1ccnn1[C@@H](C)C(=O)N1N=CC[C@]1(O)C(F)(F)F. The van der Waals surface area contributed by atoms with Crippen LogP contribution in [0.1, 0.15) is 25.1 Å². The highest BCUT2D eigenvalue weighted by atomic mass is 19.4. The number of carbonyl (C=O) groups excluding carboxylic acids is 1. The lowest BCUT2D eigenvalue weighted by atomic mass is 10.1. The quantitative estimate of drug-likeness (QED) is 0.890. The van der Waals surface area contributed by atoms with E-state index < -0.39 is 30.3 Å². The van der Waals surface area contributed by atoms with E-state index in [9.17, 15) is 23.1 Å². The van der Waals surface area contributed by atoms with Crippen LogP contribution < -0.4 is 0 Å². The van der Waals surface area contributed by atoms with Crippen molar-refractivity contribution in [3.05, 3.63) is 18.0 Å². The largest absolute Gasteiger partial charge is 0.438 e. The highest BCUT2D eigenvalue weighted by Crippen LogP contribution is 2.39. The molecule has 0 unspecified atom stereocenters. The minimum atomic E-state index is -4.99. The van der Waals surface area contributed by atoms with E-state index in [0.29, 0.717) is 5.69 Å². The Labute approximate surface area is 112 Å². The lowest BCUT2D eigenvalue weighted by Crippen LogP contribution is -2.57. The Balaban J connectivity index is 2.29. The lowest BCUT2D eigenvalue weighted by Gasteiger charge is -2.34. The van der Waals surface area contributed by atoms with Crippen LogP contribution >= 0.6 is 0 Å². The maximum absolute atomic E-state index is 12.9. The monoisotopic (exact) mass is 290 g/mol. The zero-order chi connectivity index (χ0) is 15.1. The molecule has 0 saturated carbocycles. The number of halogens is 3. The van der Waals surface area contributed by atoms with E-state index in [1.807, 2.05) is 0 Å². The smallest absolute Gasteiger partial charge is 0.362 e. The Morgan fingerprint density at radius 1 is 1.55 bits per heavy atom. The summed E-state index contributed by atoms with van der Waals surface area (Å²) in [6.07, 6.45) is -3.47. The van der Waals surface area contributed by atoms with E-state index in [1.54, 1.807) is 13.0 Å². The number of aliphatic hydroxyl groups is 1. The van der Waals surface area contributed by atoms with Crippen molar-refractivity contribution in [2.45, 2.75) is 38.2 Å². The molecule has 6 nitrogen and oxygen atoms in total. The van der Waals surface area contributed by atoms with Crippen molar-refractivity contribution < 1.29 is 23.1 Å². The summed E-state index contributed by atoms with van der Waals surface area (Å²) < 4.78 is 40.0. The number of alkyl halides is 3. The molecule has 2 heterocycles. The highest BCUT2D eigenvalue weighted by molar-refractivity contribution is 5.83. The first-order valence-corrected chi connectivity index (χ1v) is 5.84. The molecule has 1 aromatic heterocycles. The van der Waals surface area contributed by atoms with Crippen molar-refractivity contribution in [3.63, 3.8) is 0 Å². The van der Waals surface area contributed by atoms with Gasteiger partial charge < -0.3 is 5.11 Å². The number of carbonyl (C=O) groups is 1. The zero-order valence-corrected chi connectivity index (χ0v) is 10.8. The second-order valence-corrected chi connectivity index (χ2v) is 4.56. The van der Waals surface area contributed by atoms with Crippen LogP contribution in [0, 0.1) is 6.92 Å². The fraction of sp³-hybridized carbons (Fsp3) is 0.545. The van der Waals surface area contributed by atoms with Crippen LogP contribution in [0.2, 0.25) is 0 Å². The van der Waals surface area contributed by atoms with Crippen molar-refractivity contribution in [2.75, 3.05) is 0 Å². The molecule has 20 heavy (non-hydrogen) atoms. The molecule has 1 aliphatic heterocycles. The summed E-state index contributed by atoms with van der Waals surface area (Å²) in [5.74, 6) is -0.981. The Bertz CT molecular complexity index is 554. The molecule has 0 aromatic carbocycles. The van der Waals surface area contributed by atoms with Gasteiger partial charge in [0.15, 0.2) is 0 Å². The van der Waals surface area contributed by atoms with E-state index >= 15 is 0 Å². The molecular weight excluding hydrogens is 277 g/mol. The van der Waals surface area contributed by atoms with Gasteiger partial charge in [0.05, 0.1) is 0 Å². The number of aryl methyl sites for hydroxylation is 1. The number of nitrogens with zero attached hydrogens (tertiary/aromatic N) is 4.